The number of benzene rings is 1. The summed E-state index contributed by atoms with van der Waals surface area (Å²) in [6.07, 6.45) is 1.21. The molecule has 0 atom stereocenters. The number of hydrogen-bond donors (Lipinski definition) is 1. The van der Waals surface area contributed by atoms with Crippen molar-refractivity contribution in [2.45, 2.75) is 13.1 Å². The van der Waals surface area contributed by atoms with Gasteiger partial charge >= 0.3 is 0 Å². The summed E-state index contributed by atoms with van der Waals surface area (Å²) in [6, 6.07) is 7.14. The highest BCUT2D eigenvalue weighted by Gasteiger charge is 2.11. The molecule has 1 N–H and O–H groups in total. The van der Waals surface area contributed by atoms with Gasteiger partial charge in [0.25, 0.3) is 5.56 Å². The molecule has 2 aromatic rings. The maximum absolute atomic E-state index is 11.8. The van der Waals surface area contributed by atoms with E-state index in [1.54, 1.807) is 18.2 Å². The fourth-order valence-corrected chi connectivity index (χ4v) is 2.06. The summed E-state index contributed by atoms with van der Waals surface area (Å²) in [5.41, 5.74) is 0.166. The molecule has 110 valence electrons. The van der Waals surface area contributed by atoms with Crippen LogP contribution in [0.4, 0.5) is 0 Å². The normalized spacial score (nSPS) is 10.4. The fraction of sp³-hybridized carbons (Fsp3) is 0.154. The average Bonchev–Trinajstić information content (AvgIpc) is 2.47. The van der Waals surface area contributed by atoms with Crippen LogP contribution in [0, 0.1) is 0 Å². The van der Waals surface area contributed by atoms with Crippen LogP contribution in [0.2, 0.25) is 15.1 Å². The van der Waals surface area contributed by atoms with Gasteiger partial charge in [-0.1, -0.05) is 53.0 Å². The minimum atomic E-state index is -0.614. The first-order valence-electron chi connectivity index (χ1n) is 5.90. The molecule has 0 aliphatic heterocycles. The first-order valence-corrected chi connectivity index (χ1v) is 7.03. The number of rotatable bonds is 4. The lowest BCUT2D eigenvalue weighted by Crippen LogP contribution is -2.33. The Morgan fingerprint density at radius 3 is 2.62 bits per heavy atom. The Kier molecular flexibility index (Phi) is 5.22. The van der Waals surface area contributed by atoms with Gasteiger partial charge in [-0.15, -0.1) is 0 Å². The van der Waals surface area contributed by atoms with Crippen molar-refractivity contribution < 1.29 is 4.79 Å². The third-order valence-corrected chi connectivity index (χ3v) is 3.79. The van der Waals surface area contributed by atoms with E-state index in [1.807, 2.05) is 6.07 Å². The van der Waals surface area contributed by atoms with Gasteiger partial charge in [-0.25, -0.2) is 4.68 Å². The third kappa shape index (κ3) is 3.97. The van der Waals surface area contributed by atoms with Gasteiger partial charge in [-0.2, -0.15) is 5.10 Å². The molecule has 0 spiro atoms. The van der Waals surface area contributed by atoms with E-state index in [-0.39, 0.29) is 29.0 Å². The van der Waals surface area contributed by atoms with Crippen molar-refractivity contribution in [3.63, 3.8) is 0 Å². The lowest BCUT2D eigenvalue weighted by atomic mass is 10.2. The number of carbonyl (C=O) groups is 1. The summed E-state index contributed by atoms with van der Waals surface area (Å²) in [7, 11) is 0. The van der Waals surface area contributed by atoms with E-state index in [4.69, 9.17) is 34.8 Å². The summed E-state index contributed by atoms with van der Waals surface area (Å²) in [6.45, 7) is 0.00868. The molecule has 0 radical (unpaired) electrons. The van der Waals surface area contributed by atoms with Crippen LogP contribution >= 0.6 is 34.8 Å². The summed E-state index contributed by atoms with van der Waals surface area (Å²) in [5.74, 6) is -0.386. The minimum Gasteiger partial charge on any atom is -0.350 e. The van der Waals surface area contributed by atoms with Crippen LogP contribution in [0.3, 0.4) is 0 Å². The maximum atomic E-state index is 11.8. The Morgan fingerprint density at radius 2 is 1.90 bits per heavy atom. The zero-order valence-electron chi connectivity index (χ0n) is 10.6. The van der Waals surface area contributed by atoms with Crippen LogP contribution in [0.25, 0.3) is 0 Å². The van der Waals surface area contributed by atoms with Crippen LogP contribution in [0.5, 0.6) is 0 Å². The molecule has 0 fully saturated rings. The standard InChI is InChI=1S/C13H10Cl3N3O2/c14-9-4-2-1-3-8(9)5-17-11(20)7-19-13(21)12(16)10(15)6-18-19/h1-4,6H,5,7H2,(H,17,20). The predicted octanol–water partition coefficient (Wildman–Crippen LogP) is 2.52. The molecule has 8 heteroatoms. The molecule has 0 saturated heterocycles. The molecule has 0 bridgehead atoms. The molecule has 0 saturated carbocycles. The van der Waals surface area contributed by atoms with Crippen LogP contribution in [0.1, 0.15) is 5.56 Å². The molecule has 1 heterocycles. The minimum absolute atomic E-state index is 0.0504. The summed E-state index contributed by atoms with van der Waals surface area (Å²) < 4.78 is 0.941. The molecule has 0 unspecified atom stereocenters. The van der Waals surface area contributed by atoms with Gasteiger partial charge in [0.2, 0.25) is 5.91 Å². The average molecular weight is 347 g/mol. The zero-order valence-corrected chi connectivity index (χ0v) is 12.9. The van der Waals surface area contributed by atoms with Gasteiger partial charge in [0, 0.05) is 11.6 Å². The molecule has 5 nitrogen and oxygen atoms in total. The van der Waals surface area contributed by atoms with Gasteiger partial charge in [0.15, 0.2) is 0 Å². The number of nitrogens with one attached hydrogen (secondary N) is 1. The van der Waals surface area contributed by atoms with Gasteiger partial charge < -0.3 is 5.32 Å². The predicted molar refractivity (Wildman–Crippen MR) is 81.8 cm³/mol. The first kappa shape index (κ1) is 15.8. The molecule has 21 heavy (non-hydrogen) atoms. The zero-order chi connectivity index (χ0) is 15.4. The highest BCUT2D eigenvalue weighted by molar-refractivity contribution is 6.41. The van der Waals surface area contributed by atoms with E-state index < -0.39 is 5.56 Å². The highest BCUT2D eigenvalue weighted by atomic mass is 35.5. The second-order valence-corrected chi connectivity index (χ2v) is 5.33. The van der Waals surface area contributed by atoms with E-state index in [0.29, 0.717) is 5.02 Å². The van der Waals surface area contributed by atoms with Crippen molar-refractivity contribution in [1.82, 2.24) is 15.1 Å². The Morgan fingerprint density at radius 1 is 1.19 bits per heavy atom. The van der Waals surface area contributed by atoms with Gasteiger partial charge in [0.05, 0.1) is 11.2 Å². The number of carbonyl (C=O) groups excluding carboxylic acids is 1. The topological polar surface area (TPSA) is 64.0 Å². The van der Waals surface area contributed by atoms with Crippen molar-refractivity contribution in [3.8, 4) is 0 Å². The third-order valence-electron chi connectivity index (χ3n) is 2.67. The SMILES string of the molecule is O=C(Cn1ncc(Cl)c(Cl)c1=O)NCc1ccccc1Cl. The Balaban J connectivity index is 2.02. The largest absolute Gasteiger partial charge is 0.350 e. The van der Waals surface area contributed by atoms with E-state index in [9.17, 15) is 9.59 Å². The van der Waals surface area contributed by atoms with Crippen LogP contribution in [-0.2, 0) is 17.9 Å². The summed E-state index contributed by atoms with van der Waals surface area (Å²) in [5, 5.41) is 6.85. The highest BCUT2D eigenvalue weighted by Crippen LogP contribution is 2.15. The molecule has 0 aliphatic rings. The molecule has 1 amide bonds. The smallest absolute Gasteiger partial charge is 0.287 e. The number of halogens is 3. The molecule has 0 aliphatic carbocycles. The van der Waals surface area contributed by atoms with E-state index in [1.165, 1.54) is 6.20 Å². The van der Waals surface area contributed by atoms with Crippen molar-refractivity contribution in [3.05, 3.63) is 61.4 Å². The number of amides is 1. The van der Waals surface area contributed by atoms with Gasteiger partial charge in [0.1, 0.15) is 11.6 Å². The van der Waals surface area contributed by atoms with Crippen molar-refractivity contribution >= 4 is 40.7 Å². The van der Waals surface area contributed by atoms with Gasteiger partial charge in [-0.3, -0.25) is 9.59 Å². The van der Waals surface area contributed by atoms with Gasteiger partial charge in [-0.05, 0) is 11.6 Å². The monoisotopic (exact) mass is 345 g/mol. The van der Waals surface area contributed by atoms with Crippen molar-refractivity contribution in [1.29, 1.82) is 0 Å². The maximum Gasteiger partial charge on any atom is 0.287 e. The van der Waals surface area contributed by atoms with E-state index in [0.717, 1.165) is 10.2 Å². The number of aromatic nitrogens is 2. The van der Waals surface area contributed by atoms with Crippen LogP contribution < -0.4 is 10.9 Å². The molecular weight excluding hydrogens is 337 g/mol. The van der Waals surface area contributed by atoms with E-state index in [2.05, 4.69) is 10.4 Å². The molecule has 1 aromatic carbocycles. The lowest BCUT2D eigenvalue weighted by Gasteiger charge is -2.08. The number of hydrogen-bond acceptors (Lipinski definition) is 3. The first-order chi connectivity index (χ1) is 9.99. The fourth-order valence-electron chi connectivity index (χ4n) is 1.59. The Bertz CT molecular complexity index is 731. The lowest BCUT2D eigenvalue weighted by molar-refractivity contribution is -0.122. The Labute approximate surface area is 135 Å². The number of nitrogens with zero attached hydrogens (tertiary/aromatic N) is 2. The van der Waals surface area contributed by atoms with Crippen molar-refractivity contribution in [2.75, 3.05) is 0 Å². The molecule has 2 rings (SSSR count). The second kappa shape index (κ2) is 6.93. The summed E-state index contributed by atoms with van der Waals surface area (Å²) in [4.78, 5) is 23.6. The molecule has 1 aromatic heterocycles. The van der Waals surface area contributed by atoms with Crippen LogP contribution in [0.15, 0.2) is 35.3 Å². The summed E-state index contributed by atoms with van der Waals surface area (Å²) >= 11 is 17.3. The van der Waals surface area contributed by atoms with E-state index >= 15 is 0 Å². The quantitative estimate of drug-likeness (QED) is 0.925. The van der Waals surface area contributed by atoms with Crippen LogP contribution in [-0.4, -0.2) is 15.7 Å². The second-order valence-electron chi connectivity index (χ2n) is 4.14. The Hall–Kier alpha value is -1.56. The van der Waals surface area contributed by atoms with Crippen molar-refractivity contribution in [2.24, 2.45) is 0 Å². The molecular formula is C13H10Cl3N3O2.